The van der Waals surface area contributed by atoms with E-state index < -0.39 is 0 Å². The number of aromatic nitrogens is 4. The van der Waals surface area contributed by atoms with E-state index in [-0.39, 0.29) is 5.56 Å². The zero-order chi connectivity index (χ0) is 19.8. The van der Waals surface area contributed by atoms with Crippen molar-refractivity contribution in [3.8, 4) is 5.69 Å². The Morgan fingerprint density at radius 2 is 1.86 bits per heavy atom. The number of aryl methyl sites for hydroxylation is 2. The monoisotopic (exact) mass is 411 g/mol. The average Bonchev–Trinajstić information content (AvgIpc) is 2.96. The number of fused-ring (bicyclic) bond motifs is 1. The molecule has 0 aliphatic carbocycles. The van der Waals surface area contributed by atoms with Crippen molar-refractivity contribution in [1.82, 2.24) is 19.4 Å². The van der Waals surface area contributed by atoms with Crippen molar-refractivity contribution < 1.29 is 0 Å². The molecule has 4 rings (SSSR count). The Bertz CT molecular complexity index is 1290. The molecule has 6 nitrogen and oxygen atoms in total. The lowest BCUT2D eigenvalue weighted by molar-refractivity contribution is 0.771. The van der Waals surface area contributed by atoms with E-state index in [1.165, 1.54) is 10.9 Å². The molecule has 0 bridgehead atoms. The van der Waals surface area contributed by atoms with Gasteiger partial charge in [0.05, 0.1) is 34.1 Å². The van der Waals surface area contributed by atoms with Gasteiger partial charge in [0.1, 0.15) is 11.0 Å². The normalized spacial score (nSPS) is 11.6. The molecule has 0 saturated heterocycles. The van der Waals surface area contributed by atoms with E-state index in [0.29, 0.717) is 38.2 Å². The number of hydrogen-bond acceptors (Lipinski definition) is 4. The molecular weight excluding hydrogens is 397 g/mol. The van der Waals surface area contributed by atoms with Crippen LogP contribution in [0.2, 0.25) is 10.2 Å². The smallest absolute Gasteiger partial charge is 0.267 e. The third-order valence-electron chi connectivity index (χ3n) is 4.32. The van der Waals surface area contributed by atoms with Crippen molar-refractivity contribution in [1.29, 1.82) is 0 Å². The molecule has 140 valence electrons. The van der Waals surface area contributed by atoms with Gasteiger partial charge in [-0.15, -0.1) is 0 Å². The number of rotatable bonds is 3. The second-order valence-corrected chi connectivity index (χ2v) is 7.01. The van der Waals surface area contributed by atoms with Crippen molar-refractivity contribution in [2.45, 2.75) is 13.8 Å². The van der Waals surface area contributed by atoms with Crippen molar-refractivity contribution in [2.75, 3.05) is 0 Å². The molecule has 2 aromatic carbocycles. The van der Waals surface area contributed by atoms with Crippen molar-refractivity contribution >= 4 is 40.3 Å². The summed E-state index contributed by atoms with van der Waals surface area (Å²) in [4.78, 5) is 17.2. The minimum absolute atomic E-state index is 0.240. The van der Waals surface area contributed by atoms with E-state index in [0.717, 1.165) is 5.69 Å². The second-order valence-electron chi connectivity index (χ2n) is 6.22. The summed E-state index contributed by atoms with van der Waals surface area (Å²) in [5.41, 5.74) is 2.42. The molecule has 0 aliphatic rings. The topological polar surface area (TPSA) is 65.1 Å². The highest BCUT2D eigenvalue weighted by molar-refractivity contribution is 6.32. The van der Waals surface area contributed by atoms with Crippen LogP contribution in [-0.4, -0.2) is 25.7 Å². The van der Waals surface area contributed by atoms with Crippen molar-refractivity contribution in [2.24, 2.45) is 5.10 Å². The molecule has 4 aromatic rings. The van der Waals surface area contributed by atoms with Crippen LogP contribution >= 0.6 is 23.2 Å². The van der Waals surface area contributed by atoms with Gasteiger partial charge in [-0.2, -0.15) is 14.9 Å². The van der Waals surface area contributed by atoms with Gasteiger partial charge in [0.25, 0.3) is 5.56 Å². The fourth-order valence-electron chi connectivity index (χ4n) is 2.92. The Kier molecular flexibility index (Phi) is 4.75. The maximum absolute atomic E-state index is 12.7. The average molecular weight is 412 g/mol. The van der Waals surface area contributed by atoms with E-state index in [2.05, 4.69) is 15.2 Å². The van der Waals surface area contributed by atoms with Gasteiger partial charge in [-0.1, -0.05) is 41.4 Å². The molecule has 0 aliphatic heterocycles. The molecule has 0 unspecified atom stereocenters. The summed E-state index contributed by atoms with van der Waals surface area (Å²) in [5.74, 6) is 0.482. The van der Waals surface area contributed by atoms with Gasteiger partial charge in [-0.25, -0.2) is 9.67 Å². The zero-order valence-electron chi connectivity index (χ0n) is 15.1. The first-order chi connectivity index (χ1) is 13.5. The van der Waals surface area contributed by atoms with Crippen LogP contribution in [0.1, 0.15) is 17.1 Å². The van der Waals surface area contributed by atoms with Gasteiger partial charge >= 0.3 is 0 Å². The second kappa shape index (κ2) is 7.22. The van der Waals surface area contributed by atoms with Gasteiger partial charge in [-0.05, 0) is 44.2 Å². The molecule has 0 fully saturated rings. The Morgan fingerprint density at radius 1 is 1.07 bits per heavy atom. The Hall–Kier alpha value is -2.96. The summed E-state index contributed by atoms with van der Waals surface area (Å²) in [5, 5.41) is 10.2. The Balaban J connectivity index is 1.79. The van der Waals surface area contributed by atoms with Crippen LogP contribution in [0.5, 0.6) is 0 Å². The zero-order valence-corrected chi connectivity index (χ0v) is 16.6. The van der Waals surface area contributed by atoms with Crippen LogP contribution in [0, 0.1) is 13.8 Å². The van der Waals surface area contributed by atoms with Gasteiger partial charge in [0.15, 0.2) is 0 Å². The van der Waals surface area contributed by atoms with Crippen molar-refractivity contribution in [3.05, 3.63) is 86.1 Å². The maximum Gasteiger partial charge on any atom is 0.282 e. The van der Waals surface area contributed by atoms with E-state index in [9.17, 15) is 4.79 Å². The van der Waals surface area contributed by atoms with Crippen LogP contribution in [0.4, 0.5) is 0 Å². The summed E-state index contributed by atoms with van der Waals surface area (Å²) in [7, 11) is 0. The molecule has 8 heteroatoms. The van der Waals surface area contributed by atoms with Gasteiger partial charge in [0, 0.05) is 5.02 Å². The minimum atomic E-state index is -0.240. The van der Waals surface area contributed by atoms with Crippen LogP contribution in [0.25, 0.3) is 16.6 Å². The molecule has 0 spiro atoms. The SMILES string of the molecule is Cc1nn(-c2cccc(Cl)c2)c(Cl)c1C=Nn1c(C)nc2ccccc2c1=O. The van der Waals surface area contributed by atoms with E-state index in [1.807, 2.05) is 25.1 Å². The lowest BCUT2D eigenvalue weighted by atomic mass is 10.2. The quantitative estimate of drug-likeness (QED) is 0.469. The number of para-hydroxylation sites is 1. The molecular formula is C20H15Cl2N5O. The number of halogens is 2. The highest BCUT2D eigenvalue weighted by Crippen LogP contribution is 2.23. The third kappa shape index (κ3) is 3.21. The Labute approximate surface area is 170 Å². The Morgan fingerprint density at radius 3 is 2.64 bits per heavy atom. The highest BCUT2D eigenvalue weighted by Gasteiger charge is 2.14. The van der Waals surface area contributed by atoms with E-state index in [1.54, 1.807) is 41.9 Å². The maximum atomic E-state index is 12.7. The van der Waals surface area contributed by atoms with Crippen LogP contribution in [0.3, 0.4) is 0 Å². The molecule has 0 amide bonds. The number of hydrogen-bond donors (Lipinski definition) is 0. The first-order valence-corrected chi connectivity index (χ1v) is 9.25. The predicted molar refractivity (Wildman–Crippen MR) is 112 cm³/mol. The highest BCUT2D eigenvalue weighted by atomic mass is 35.5. The van der Waals surface area contributed by atoms with Crippen LogP contribution in [0.15, 0.2) is 58.4 Å². The molecule has 0 radical (unpaired) electrons. The number of benzene rings is 2. The van der Waals surface area contributed by atoms with Crippen LogP contribution < -0.4 is 5.56 Å². The fourth-order valence-corrected chi connectivity index (χ4v) is 3.43. The standard InChI is InChI=1S/C20H15Cl2N5O/c1-12-17(19(22)27(25-12)15-7-5-6-14(21)10-15)11-23-26-13(2)24-18-9-4-3-8-16(18)20(26)28/h3-11H,1-2H3. The first kappa shape index (κ1) is 18.4. The van der Waals surface area contributed by atoms with Crippen molar-refractivity contribution in [3.63, 3.8) is 0 Å². The fraction of sp³-hybridized carbons (Fsp3) is 0.100. The molecule has 0 N–H and O–H groups in total. The number of nitrogens with zero attached hydrogens (tertiary/aromatic N) is 5. The third-order valence-corrected chi connectivity index (χ3v) is 4.92. The molecule has 2 aromatic heterocycles. The van der Waals surface area contributed by atoms with E-state index in [4.69, 9.17) is 23.2 Å². The van der Waals surface area contributed by atoms with E-state index >= 15 is 0 Å². The summed E-state index contributed by atoms with van der Waals surface area (Å²) < 4.78 is 2.84. The summed E-state index contributed by atoms with van der Waals surface area (Å²) >= 11 is 12.6. The molecule has 0 saturated carbocycles. The largest absolute Gasteiger partial charge is 0.282 e. The lowest BCUT2D eigenvalue weighted by Gasteiger charge is -2.05. The predicted octanol–water partition coefficient (Wildman–Crippen LogP) is 4.39. The first-order valence-electron chi connectivity index (χ1n) is 8.49. The van der Waals surface area contributed by atoms with Gasteiger partial charge < -0.3 is 0 Å². The minimum Gasteiger partial charge on any atom is -0.267 e. The molecule has 28 heavy (non-hydrogen) atoms. The summed E-state index contributed by atoms with van der Waals surface area (Å²) in [6.07, 6.45) is 1.52. The summed E-state index contributed by atoms with van der Waals surface area (Å²) in [6, 6.07) is 14.4. The van der Waals surface area contributed by atoms with Gasteiger partial charge in [-0.3, -0.25) is 4.79 Å². The lowest BCUT2D eigenvalue weighted by Crippen LogP contribution is -2.20. The molecule has 2 heterocycles. The molecule has 0 atom stereocenters. The van der Waals surface area contributed by atoms with Gasteiger partial charge in [0.2, 0.25) is 0 Å². The van der Waals surface area contributed by atoms with Crippen LogP contribution in [-0.2, 0) is 0 Å². The summed E-state index contributed by atoms with van der Waals surface area (Å²) in [6.45, 7) is 3.55.